The molecule has 0 saturated heterocycles. The zero-order chi connectivity index (χ0) is 10.7. The Labute approximate surface area is 100 Å². The monoisotopic (exact) mass is 267 g/mol. The third-order valence-corrected chi connectivity index (χ3v) is 3.91. The zero-order valence-electron chi connectivity index (χ0n) is 9.17. The largest absolute Gasteiger partial charge is 0.382 e. The lowest BCUT2D eigenvalue weighted by molar-refractivity contribution is 0.489. The summed E-state index contributed by atoms with van der Waals surface area (Å²) < 4.78 is 1.14. The summed E-state index contributed by atoms with van der Waals surface area (Å²) in [5.74, 6) is 0.869. The Morgan fingerprint density at radius 1 is 1.27 bits per heavy atom. The minimum atomic E-state index is 0.691. The van der Waals surface area contributed by atoms with Crippen molar-refractivity contribution in [2.75, 3.05) is 5.32 Å². The van der Waals surface area contributed by atoms with Crippen LogP contribution in [0.5, 0.6) is 0 Å². The van der Waals surface area contributed by atoms with Crippen molar-refractivity contribution in [1.82, 2.24) is 0 Å². The second kappa shape index (κ2) is 5.02. The molecule has 0 radical (unpaired) electrons. The van der Waals surface area contributed by atoms with Gasteiger partial charge in [0.05, 0.1) is 0 Å². The van der Waals surface area contributed by atoms with Gasteiger partial charge in [0.1, 0.15) is 0 Å². The van der Waals surface area contributed by atoms with Crippen LogP contribution in [-0.4, -0.2) is 6.04 Å². The van der Waals surface area contributed by atoms with Crippen molar-refractivity contribution in [3.8, 4) is 0 Å². The van der Waals surface area contributed by atoms with Crippen LogP contribution in [-0.2, 0) is 0 Å². The molecule has 1 aliphatic rings. The second-order valence-electron chi connectivity index (χ2n) is 4.36. The molecule has 2 unspecified atom stereocenters. The number of nitrogens with one attached hydrogen (secondary N) is 1. The number of hydrogen-bond acceptors (Lipinski definition) is 1. The van der Waals surface area contributed by atoms with Gasteiger partial charge < -0.3 is 5.32 Å². The first-order valence-corrected chi connectivity index (χ1v) is 6.61. The van der Waals surface area contributed by atoms with E-state index >= 15 is 0 Å². The van der Waals surface area contributed by atoms with E-state index in [0.29, 0.717) is 6.04 Å². The van der Waals surface area contributed by atoms with E-state index in [9.17, 15) is 0 Å². The molecule has 0 spiro atoms. The third kappa shape index (κ3) is 2.75. The van der Waals surface area contributed by atoms with Gasteiger partial charge in [-0.05, 0) is 43.0 Å². The van der Waals surface area contributed by atoms with Gasteiger partial charge in [-0.1, -0.05) is 35.7 Å². The van der Waals surface area contributed by atoms with Crippen molar-refractivity contribution in [3.05, 3.63) is 28.7 Å². The normalized spacial score (nSPS) is 25.5. The van der Waals surface area contributed by atoms with Crippen molar-refractivity contribution >= 4 is 21.6 Å². The average Bonchev–Trinajstić information content (AvgIpc) is 2.69. The summed E-state index contributed by atoms with van der Waals surface area (Å²) in [6.07, 6.45) is 5.40. The second-order valence-corrected chi connectivity index (χ2v) is 5.27. The maximum atomic E-state index is 3.65. The molecular weight excluding hydrogens is 250 g/mol. The number of hydrogen-bond donors (Lipinski definition) is 1. The summed E-state index contributed by atoms with van der Waals surface area (Å²) in [6, 6.07) is 9.18. The van der Waals surface area contributed by atoms with Crippen LogP contribution in [0, 0.1) is 5.92 Å². The van der Waals surface area contributed by atoms with Gasteiger partial charge in [-0.2, -0.15) is 0 Å². The molecule has 0 heterocycles. The van der Waals surface area contributed by atoms with Crippen LogP contribution in [0.1, 0.15) is 32.6 Å². The molecule has 1 saturated carbocycles. The molecule has 1 nitrogen and oxygen atoms in total. The van der Waals surface area contributed by atoms with Crippen LogP contribution in [0.4, 0.5) is 5.69 Å². The summed E-state index contributed by atoms with van der Waals surface area (Å²) >= 11 is 3.46. The van der Waals surface area contributed by atoms with Crippen molar-refractivity contribution < 1.29 is 0 Å². The van der Waals surface area contributed by atoms with E-state index in [4.69, 9.17) is 0 Å². The molecule has 1 aromatic rings. The van der Waals surface area contributed by atoms with Crippen molar-refractivity contribution in [1.29, 1.82) is 0 Å². The molecule has 82 valence electrons. The maximum absolute atomic E-state index is 3.65. The fourth-order valence-electron chi connectivity index (χ4n) is 2.48. The molecule has 2 atom stereocenters. The van der Waals surface area contributed by atoms with Gasteiger partial charge in [0.2, 0.25) is 0 Å². The lowest BCUT2D eigenvalue weighted by Crippen LogP contribution is -2.23. The van der Waals surface area contributed by atoms with Crippen LogP contribution in [0.25, 0.3) is 0 Å². The molecule has 0 amide bonds. The van der Waals surface area contributed by atoms with Crippen LogP contribution >= 0.6 is 15.9 Å². The van der Waals surface area contributed by atoms with Crippen molar-refractivity contribution in [2.24, 2.45) is 5.92 Å². The Kier molecular flexibility index (Phi) is 3.68. The Hall–Kier alpha value is -0.500. The number of anilines is 1. The first kappa shape index (κ1) is 11.0. The van der Waals surface area contributed by atoms with Crippen LogP contribution < -0.4 is 5.32 Å². The van der Waals surface area contributed by atoms with E-state index in [1.807, 2.05) is 0 Å². The minimum Gasteiger partial charge on any atom is -0.382 e. The molecule has 2 rings (SSSR count). The fourth-order valence-corrected chi connectivity index (χ4v) is 2.74. The number of halogens is 1. The van der Waals surface area contributed by atoms with Gasteiger partial charge in [-0.25, -0.2) is 0 Å². The predicted molar refractivity (Wildman–Crippen MR) is 69.2 cm³/mol. The third-order valence-electron chi connectivity index (χ3n) is 3.38. The van der Waals surface area contributed by atoms with Gasteiger partial charge in [0, 0.05) is 16.2 Å². The van der Waals surface area contributed by atoms with Crippen LogP contribution in [0.15, 0.2) is 28.7 Å². The van der Waals surface area contributed by atoms with E-state index in [-0.39, 0.29) is 0 Å². The van der Waals surface area contributed by atoms with Gasteiger partial charge in [0.25, 0.3) is 0 Å². The Bertz CT molecular complexity index is 307. The predicted octanol–water partition coefficient (Wildman–Crippen LogP) is 4.44. The van der Waals surface area contributed by atoms with E-state index in [1.165, 1.54) is 31.4 Å². The SMILES string of the molecule is CCC1CCCC1Nc1ccc(Br)cc1. The Morgan fingerprint density at radius 3 is 2.67 bits per heavy atom. The highest BCUT2D eigenvalue weighted by molar-refractivity contribution is 9.10. The molecule has 0 bridgehead atoms. The Morgan fingerprint density at radius 2 is 2.00 bits per heavy atom. The number of benzene rings is 1. The van der Waals surface area contributed by atoms with Gasteiger partial charge in [0.15, 0.2) is 0 Å². The summed E-state index contributed by atoms with van der Waals surface area (Å²) in [4.78, 5) is 0. The van der Waals surface area contributed by atoms with Gasteiger partial charge in [-0.15, -0.1) is 0 Å². The summed E-state index contributed by atoms with van der Waals surface area (Å²) in [7, 11) is 0. The molecule has 2 heteroatoms. The topological polar surface area (TPSA) is 12.0 Å². The van der Waals surface area contributed by atoms with E-state index in [2.05, 4.69) is 52.4 Å². The quantitative estimate of drug-likeness (QED) is 0.854. The summed E-state index contributed by atoms with van der Waals surface area (Å²) in [5.41, 5.74) is 1.25. The first-order valence-electron chi connectivity index (χ1n) is 5.81. The highest BCUT2D eigenvalue weighted by Crippen LogP contribution is 2.30. The van der Waals surface area contributed by atoms with E-state index in [1.54, 1.807) is 0 Å². The van der Waals surface area contributed by atoms with Gasteiger partial charge >= 0.3 is 0 Å². The molecule has 1 aliphatic carbocycles. The van der Waals surface area contributed by atoms with Crippen molar-refractivity contribution in [2.45, 2.75) is 38.6 Å². The van der Waals surface area contributed by atoms with E-state index < -0.39 is 0 Å². The van der Waals surface area contributed by atoms with Gasteiger partial charge in [-0.3, -0.25) is 0 Å². The lowest BCUT2D eigenvalue weighted by Gasteiger charge is -2.20. The molecule has 0 aromatic heterocycles. The minimum absolute atomic E-state index is 0.691. The molecule has 1 N–H and O–H groups in total. The maximum Gasteiger partial charge on any atom is 0.0343 e. The molecule has 1 fully saturated rings. The Balaban J connectivity index is 1.99. The van der Waals surface area contributed by atoms with Crippen LogP contribution in [0.2, 0.25) is 0 Å². The van der Waals surface area contributed by atoms with E-state index in [0.717, 1.165) is 10.4 Å². The van der Waals surface area contributed by atoms with Crippen molar-refractivity contribution in [3.63, 3.8) is 0 Å². The molecule has 0 aliphatic heterocycles. The standard InChI is InChI=1S/C13H18BrN/c1-2-10-4-3-5-13(10)15-12-8-6-11(14)7-9-12/h6-10,13,15H,2-5H2,1H3. The fraction of sp³-hybridized carbons (Fsp3) is 0.538. The molecule has 1 aromatic carbocycles. The average molecular weight is 268 g/mol. The smallest absolute Gasteiger partial charge is 0.0343 e. The molecular formula is C13H18BrN. The lowest BCUT2D eigenvalue weighted by atomic mass is 10.0. The highest BCUT2D eigenvalue weighted by Gasteiger charge is 2.25. The number of rotatable bonds is 3. The summed E-state index contributed by atoms with van der Waals surface area (Å²) in [6.45, 7) is 2.30. The van der Waals surface area contributed by atoms with Crippen LogP contribution in [0.3, 0.4) is 0 Å². The summed E-state index contributed by atoms with van der Waals surface area (Å²) in [5, 5.41) is 3.65. The molecule has 15 heavy (non-hydrogen) atoms. The zero-order valence-corrected chi connectivity index (χ0v) is 10.8. The highest BCUT2D eigenvalue weighted by atomic mass is 79.9. The first-order chi connectivity index (χ1) is 7.29.